The highest BCUT2D eigenvalue weighted by Gasteiger charge is 2.27. The lowest BCUT2D eigenvalue weighted by molar-refractivity contribution is -0.384. The molecule has 7 heteroatoms. The van der Waals surface area contributed by atoms with Gasteiger partial charge in [0.1, 0.15) is 0 Å². The van der Waals surface area contributed by atoms with Gasteiger partial charge in [0, 0.05) is 33.9 Å². The molecule has 1 aliphatic carbocycles. The number of nitrogens with zero attached hydrogens (tertiary/aromatic N) is 2. The Morgan fingerprint density at radius 1 is 1.07 bits per heavy atom. The summed E-state index contributed by atoms with van der Waals surface area (Å²) in [6.45, 7) is 4.24. The standard InChI is InChI=1S/C21H25BrN4O2/c1-21(2,15-3-13-20(14-4-15)26(27)28)23-17-9-11-19(12-10-17)25-24-18-7-5-16(22)6-8-18/h3-8,13-14,17,23-24H,9-12H2,1-2H3. The van der Waals surface area contributed by atoms with Gasteiger partial charge in [0.15, 0.2) is 0 Å². The normalized spacial score (nSPS) is 17.2. The van der Waals surface area contributed by atoms with Crippen LogP contribution in [0.15, 0.2) is 58.1 Å². The third-order valence-corrected chi connectivity index (χ3v) is 5.64. The molecular formula is C21H25BrN4O2. The maximum Gasteiger partial charge on any atom is 0.269 e. The first kappa shape index (κ1) is 20.5. The number of nitro groups is 1. The Bertz CT molecular complexity index is 838. The van der Waals surface area contributed by atoms with Gasteiger partial charge in [0.05, 0.1) is 10.6 Å². The molecule has 0 bridgehead atoms. The topological polar surface area (TPSA) is 79.6 Å². The van der Waals surface area contributed by atoms with E-state index in [-0.39, 0.29) is 16.1 Å². The predicted molar refractivity (Wildman–Crippen MR) is 117 cm³/mol. The van der Waals surface area contributed by atoms with Crippen LogP contribution in [0, 0.1) is 10.1 Å². The molecule has 28 heavy (non-hydrogen) atoms. The zero-order chi connectivity index (χ0) is 20.1. The number of hydrazone groups is 1. The van der Waals surface area contributed by atoms with Crippen LogP contribution >= 0.6 is 15.9 Å². The molecule has 1 aliphatic rings. The van der Waals surface area contributed by atoms with Crippen molar-refractivity contribution < 1.29 is 4.92 Å². The molecule has 2 aromatic rings. The maximum absolute atomic E-state index is 10.8. The van der Waals surface area contributed by atoms with Crippen LogP contribution in [-0.4, -0.2) is 16.7 Å². The van der Waals surface area contributed by atoms with E-state index in [9.17, 15) is 10.1 Å². The maximum atomic E-state index is 10.8. The summed E-state index contributed by atoms with van der Waals surface area (Å²) in [6.07, 6.45) is 3.96. The van der Waals surface area contributed by atoms with Crippen molar-refractivity contribution in [2.45, 2.75) is 51.1 Å². The van der Waals surface area contributed by atoms with Gasteiger partial charge < -0.3 is 5.32 Å². The van der Waals surface area contributed by atoms with E-state index >= 15 is 0 Å². The molecule has 148 valence electrons. The molecule has 6 nitrogen and oxygen atoms in total. The smallest absolute Gasteiger partial charge is 0.269 e. The van der Waals surface area contributed by atoms with Gasteiger partial charge >= 0.3 is 0 Å². The number of non-ortho nitro benzene ring substituents is 1. The van der Waals surface area contributed by atoms with E-state index < -0.39 is 0 Å². The highest BCUT2D eigenvalue weighted by Crippen LogP contribution is 2.26. The lowest BCUT2D eigenvalue weighted by atomic mass is 9.88. The van der Waals surface area contributed by atoms with Gasteiger partial charge in [-0.3, -0.25) is 15.5 Å². The third kappa shape index (κ3) is 5.39. The second kappa shape index (κ2) is 8.84. The van der Waals surface area contributed by atoms with Gasteiger partial charge in [-0.1, -0.05) is 28.1 Å². The number of nitrogens with one attached hydrogen (secondary N) is 2. The molecule has 0 spiro atoms. The Hall–Kier alpha value is -2.25. The van der Waals surface area contributed by atoms with Crippen LogP contribution in [0.3, 0.4) is 0 Å². The molecule has 0 radical (unpaired) electrons. The number of anilines is 1. The largest absolute Gasteiger partial charge is 0.305 e. The van der Waals surface area contributed by atoms with Crippen LogP contribution in [0.5, 0.6) is 0 Å². The summed E-state index contributed by atoms with van der Waals surface area (Å²) >= 11 is 3.43. The van der Waals surface area contributed by atoms with Crippen molar-refractivity contribution in [2.75, 3.05) is 5.43 Å². The van der Waals surface area contributed by atoms with Crippen molar-refractivity contribution in [1.29, 1.82) is 0 Å². The fourth-order valence-electron chi connectivity index (χ4n) is 3.47. The van der Waals surface area contributed by atoms with Crippen molar-refractivity contribution in [3.8, 4) is 0 Å². The van der Waals surface area contributed by atoms with Crippen LogP contribution in [0.4, 0.5) is 11.4 Å². The molecular weight excluding hydrogens is 420 g/mol. The minimum absolute atomic E-state index is 0.122. The van der Waals surface area contributed by atoms with Gasteiger partial charge in [-0.15, -0.1) is 0 Å². The second-order valence-corrected chi connectivity index (χ2v) is 8.56. The van der Waals surface area contributed by atoms with Gasteiger partial charge in [-0.25, -0.2) is 0 Å². The zero-order valence-electron chi connectivity index (χ0n) is 16.1. The first-order valence-electron chi connectivity index (χ1n) is 9.43. The van der Waals surface area contributed by atoms with E-state index in [4.69, 9.17) is 0 Å². The van der Waals surface area contributed by atoms with Crippen molar-refractivity contribution in [2.24, 2.45) is 5.10 Å². The van der Waals surface area contributed by atoms with E-state index in [1.54, 1.807) is 12.1 Å². The fourth-order valence-corrected chi connectivity index (χ4v) is 3.73. The Morgan fingerprint density at radius 3 is 2.25 bits per heavy atom. The molecule has 0 amide bonds. The number of hydrogen-bond acceptors (Lipinski definition) is 5. The van der Waals surface area contributed by atoms with E-state index in [1.165, 1.54) is 5.71 Å². The Labute approximate surface area is 173 Å². The Kier molecular flexibility index (Phi) is 6.46. The number of benzene rings is 2. The second-order valence-electron chi connectivity index (χ2n) is 7.64. The van der Waals surface area contributed by atoms with Crippen LogP contribution in [0.2, 0.25) is 0 Å². The summed E-state index contributed by atoms with van der Waals surface area (Å²) in [5.74, 6) is 0. The summed E-state index contributed by atoms with van der Waals surface area (Å²) in [4.78, 5) is 10.5. The number of hydrogen-bond donors (Lipinski definition) is 2. The van der Waals surface area contributed by atoms with Gasteiger partial charge in [-0.05, 0) is 69.4 Å². The number of halogens is 1. The minimum Gasteiger partial charge on any atom is -0.305 e. The molecule has 1 fully saturated rings. The highest BCUT2D eigenvalue weighted by atomic mass is 79.9. The molecule has 0 atom stereocenters. The Morgan fingerprint density at radius 2 is 1.68 bits per heavy atom. The highest BCUT2D eigenvalue weighted by molar-refractivity contribution is 9.10. The van der Waals surface area contributed by atoms with E-state index in [0.29, 0.717) is 6.04 Å². The molecule has 3 rings (SSSR count). The Balaban J connectivity index is 1.53. The van der Waals surface area contributed by atoms with Crippen molar-refractivity contribution in [1.82, 2.24) is 5.32 Å². The molecule has 1 saturated carbocycles. The summed E-state index contributed by atoms with van der Waals surface area (Å²) in [7, 11) is 0. The quantitative estimate of drug-likeness (QED) is 0.449. The van der Waals surface area contributed by atoms with Gasteiger partial charge in [0.2, 0.25) is 0 Å². The molecule has 0 aromatic heterocycles. The van der Waals surface area contributed by atoms with Crippen LogP contribution in [-0.2, 0) is 5.54 Å². The molecule has 0 saturated heterocycles. The monoisotopic (exact) mass is 444 g/mol. The summed E-state index contributed by atoms with van der Waals surface area (Å²) in [5.41, 5.74) is 6.23. The summed E-state index contributed by atoms with van der Waals surface area (Å²) < 4.78 is 1.05. The number of rotatable bonds is 6. The average Bonchev–Trinajstić information content (AvgIpc) is 2.68. The van der Waals surface area contributed by atoms with Crippen molar-refractivity contribution in [3.05, 3.63) is 68.7 Å². The minimum atomic E-state index is -0.367. The molecule has 0 aliphatic heterocycles. The molecule has 0 heterocycles. The van der Waals surface area contributed by atoms with Gasteiger partial charge in [0.25, 0.3) is 5.69 Å². The van der Waals surface area contributed by atoms with Crippen LogP contribution < -0.4 is 10.7 Å². The molecule has 2 N–H and O–H groups in total. The van der Waals surface area contributed by atoms with E-state index in [1.807, 2.05) is 36.4 Å². The molecule has 2 aromatic carbocycles. The SMILES string of the molecule is CC(C)(NC1CCC(=NNc2ccc(Br)cc2)CC1)c1ccc([N+](=O)[O-])cc1. The van der Waals surface area contributed by atoms with Crippen LogP contribution in [0.1, 0.15) is 45.1 Å². The summed E-state index contributed by atoms with van der Waals surface area (Å²) in [6, 6.07) is 15.2. The zero-order valence-corrected chi connectivity index (χ0v) is 17.7. The third-order valence-electron chi connectivity index (χ3n) is 5.11. The van der Waals surface area contributed by atoms with Gasteiger partial charge in [-0.2, -0.15) is 5.10 Å². The first-order chi connectivity index (χ1) is 13.3. The predicted octanol–water partition coefficient (Wildman–Crippen LogP) is 5.59. The van der Waals surface area contributed by atoms with Crippen LogP contribution in [0.25, 0.3) is 0 Å². The number of nitro benzene ring substituents is 1. The lowest BCUT2D eigenvalue weighted by Crippen LogP contribution is -2.45. The average molecular weight is 445 g/mol. The van der Waals surface area contributed by atoms with Crippen molar-refractivity contribution >= 4 is 33.0 Å². The fraction of sp³-hybridized carbons (Fsp3) is 0.381. The summed E-state index contributed by atoms with van der Waals surface area (Å²) in [5, 5.41) is 19.1. The lowest BCUT2D eigenvalue weighted by Gasteiger charge is -2.34. The van der Waals surface area contributed by atoms with E-state index in [0.717, 1.165) is 41.4 Å². The molecule has 0 unspecified atom stereocenters. The van der Waals surface area contributed by atoms with Crippen molar-refractivity contribution in [3.63, 3.8) is 0 Å². The first-order valence-corrected chi connectivity index (χ1v) is 10.2. The van der Waals surface area contributed by atoms with E-state index in [2.05, 4.69) is 45.6 Å².